The van der Waals surface area contributed by atoms with Gasteiger partial charge in [-0.2, -0.15) is 0 Å². The van der Waals surface area contributed by atoms with Crippen LogP contribution in [-0.4, -0.2) is 35.9 Å². The second-order valence-electron chi connectivity index (χ2n) is 7.03. The third kappa shape index (κ3) is 3.88. The molecule has 1 N–H and O–H groups in total. The number of likely N-dealkylation sites (N-methyl/N-ethyl adjacent to an activating group) is 1. The Morgan fingerprint density at radius 3 is 2.39 bits per heavy atom. The van der Waals surface area contributed by atoms with E-state index in [0.717, 1.165) is 25.1 Å². The predicted molar refractivity (Wildman–Crippen MR) is 112 cm³/mol. The molecule has 0 aliphatic carbocycles. The number of hydrogen-bond acceptors (Lipinski definition) is 3. The van der Waals surface area contributed by atoms with Crippen LogP contribution in [0.5, 0.6) is 0 Å². The molecule has 0 aliphatic heterocycles. The van der Waals surface area contributed by atoms with E-state index in [1.54, 1.807) is 36.7 Å². The lowest BCUT2D eigenvalue weighted by Crippen LogP contribution is -2.21. The molecule has 5 nitrogen and oxygen atoms in total. The highest BCUT2D eigenvalue weighted by Gasteiger charge is 2.15. The minimum Gasteiger partial charge on any atom is -0.358 e. The number of hydrogen-bond donors (Lipinski definition) is 1. The highest BCUT2D eigenvalue weighted by Crippen LogP contribution is 2.17. The molecular formula is C22H23N3O2S. The Bertz CT molecular complexity index is 1130. The molecule has 0 unspecified atom stereocenters. The van der Waals surface area contributed by atoms with Crippen LogP contribution in [0, 0.1) is 0 Å². The van der Waals surface area contributed by atoms with E-state index in [-0.39, 0.29) is 0 Å². The number of para-hydroxylation sites is 1. The summed E-state index contributed by atoms with van der Waals surface area (Å²) in [6, 6.07) is 21.0. The van der Waals surface area contributed by atoms with Crippen molar-refractivity contribution >= 4 is 20.9 Å². The summed E-state index contributed by atoms with van der Waals surface area (Å²) in [6.07, 6.45) is 4.02. The first-order chi connectivity index (χ1) is 13.5. The third-order valence-electron chi connectivity index (χ3n) is 4.88. The van der Waals surface area contributed by atoms with Gasteiger partial charge in [0.15, 0.2) is 0 Å². The van der Waals surface area contributed by atoms with Crippen LogP contribution < -0.4 is 0 Å². The zero-order valence-corrected chi connectivity index (χ0v) is 16.6. The van der Waals surface area contributed by atoms with Crippen molar-refractivity contribution in [3.05, 3.63) is 90.4 Å². The predicted octanol–water partition coefficient (Wildman–Crippen LogP) is 3.88. The van der Waals surface area contributed by atoms with Crippen molar-refractivity contribution in [1.29, 1.82) is 0 Å². The second kappa shape index (κ2) is 7.66. The lowest BCUT2D eigenvalue weighted by atomic mass is 10.2. The van der Waals surface area contributed by atoms with Crippen LogP contribution in [0.15, 0.2) is 84.0 Å². The van der Waals surface area contributed by atoms with Crippen LogP contribution in [0.25, 0.3) is 10.9 Å². The number of H-pyrrole nitrogens is 1. The molecule has 4 aromatic rings. The van der Waals surface area contributed by atoms with Gasteiger partial charge < -0.3 is 9.88 Å². The SMILES string of the molecule is CN(CCc1cc2ccccc2[nH]1)Cc1ccc(S(=O)(=O)n2cccc2)cc1. The van der Waals surface area contributed by atoms with Crippen LogP contribution in [0.1, 0.15) is 11.3 Å². The summed E-state index contributed by atoms with van der Waals surface area (Å²) in [4.78, 5) is 5.99. The number of fused-ring (bicyclic) bond motifs is 1. The van der Waals surface area contributed by atoms with Crippen LogP contribution in [0.4, 0.5) is 0 Å². The molecule has 0 saturated carbocycles. The van der Waals surface area contributed by atoms with Crippen molar-refractivity contribution in [3.63, 3.8) is 0 Å². The van der Waals surface area contributed by atoms with Crippen molar-refractivity contribution in [2.75, 3.05) is 13.6 Å². The smallest absolute Gasteiger partial charge is 0.267 e. The zero-order valence-electron chi connectivity index (χ0n) is 15.7. The molecule has 144 valence electrons. The molecule has 2 heterocycles. The van der Waals surface area contributed by atoms with E-state index in [2.05, 4.69) is 35.1 Å². The molecule has 6 heteroatoms. The summed E-state index contributed by atoms with van der Waals surface area (Å²) in [7, 11) is -1.42. The largest absolute Gasteiger partial charge is 0.358 e. The van der Waals surface area contributed by atoms with Crippen molar-refractivity contribution in [1.82, 2.24) is 13.9 Å². The van der Waals surface area contributed by atoms with Gasteiger partial charge in [0.2, 0.25) is 0 Å². The summed E-state index contributed by atoms with van der Waals surface area (Å²) in [5.41, 5.74) is 3.48. The average molecular weight is 394 g/mol. The number of nitrogens with one attached hydrogen (secondary N) is 1. The van der Waals surface area contributed by atoms with Gasteiger partial charge in [-0.25, -0.2) is 12.4 Å². The van der Waals surface area contributed by atoms with Crippen molar-refractivity contribution in [3.8, 4) is 0 Å². The molecule has 0 bridgehead atoms. The van der Waals surface area contributed by atoms with E-state index in [0.29, 0.717) is 4.90 Å². The van der Waals surface area contributed by atoms with Crippen molar-refractivity contribution < 1.29 is 8.42 Å². The number of benzene rings is 2. The topological polar surface area (TPSA) is 58.1 Å². The van der Waals surface area contributed by atoms with Crippen LogP contribution in [-0.2, 0) is 23.0 Å². The number of aromatic amines is 1. The minimum atomic E-state index is -3.50. The van der Waals surface area contributed by atoms with Gasteiger partial charge in [0.05, 0.1) is 4.90 Å². The van der Waals surface area contributed by atoms with Crippen LogP contribution in [0.3, 0.4) is 0 Å². The number of nitrogens with zero attached hydrogens (tertiary/aromatic N) is 2. The molecule has 28 heavy (non-hydrogen) atoms. The lowest BCUT2D eigenvalue weighted by molar-refractivity contribution is 0.330. The molecule has 0 aliphatic rings. The van der Waals surface area contributed by atoms with E-state index in [1.807, 2.05) is 24.3 Å². The van der Waals surface area contributed by atoms with Gasteiger partial charge in [0, 0.05) is 43.1 Å². The van der Waals surface area contributed by atoms with E-state index in [9.17, 15) is 8.42 Å². The Labute approximate surface area is 165 Å². The molecule has 2 aromatic heterocycles. The van der Waals surface area contributed by atoms with Gasteiger partial charge in [-0.1, -0.05) is 30.3 Å². The fourth-order valence-electron chi connectivity index (χ4n) is 3.34. The van der Waals surface area contributed by atoms with Crippen molar-refractivity contribution in [2.24, 2.45) is 0 Å². The van der Waals surface area contributed by atoms with E-state index < -0.39 is 10.0 Å². The maximum atomic E-state index is 12.5. The number of rotatable bonds is 7. The normalized spacial score (nSPS) is 12.1. The molecular weight excluding hydrogens is 370 g/mol. The first-order valence-electron chi connectivity index (χ1n) is 9.25. The summed E-state index contributed by atoms with van der Waals surface area (Å²) in [5, 5.41) is 1.24. The Morgan fingerprint density at radius 2 is 1.68 bits per heavy atom. The standard InChI is InChI=1S/C22H23N3O2S/c1-24(15-12-20-16-19-6-2-3-7-22(19)23-20)17-18-8-10-21(11-9-18)28(26,27)25-13-4-5-14-25/h2-11,13-14,16,23H,12,15,17H2,1H3. The van der Waals surface area contributed by atoms with Gasteiger partial charge in [-0.15, -0.1) is 0 Å². The molecule has 0 atom stereocenters. The van der Waals surface area contributed by atoms with Gasteiger partial charge in [-0.05, 0) is 54.4 Å². The quantitative estimate of drug-likeness (QED) is 0.518. The molecule has 0 saturated heterocycles. The maximum Gasteiger partial charge on any atom is 0.267 e. The first-order valence-corrected chi connectivity index (χ1v) is 10.7. The van der Waals surface area contributed by atoms with Gasteiger partial charge in [-0.3, -0.25) is 0 Å². The average Bonchev–Trinajstić information content (AvgIpc) is 3.36. The molecule has 0 radical (unpaired) electrons. The highest BCUT2D eigenvalue weighted by molar-refractivity contribution is 7.90. The molecule has 0 spiro atoms. The minimum absolute atomic E-state index is 0.299. The number of aromatic nitrogens is 2. The zero-order chi connectivity index (χ0) is 19.6. The van der Waals surface area contributed by atoms with E-state index in [4.69, 9.17) is 0 Å². The highest BCUT2D eigenvalue weighted by atomic mass is 32.2. The van der Waals surface area contributed by atoms with E-state index >= 15 is 0 Å². The summed E-state index contributed by atoms with van der Waals surface area (Å²) in [6.45, 7) is 1.68. The molecule has 2 aromatic carbocycles. The first kappa shape index (κ1) is 18.5. The Hall–Kier alpha value is -2.83. The summed E-state index contributed by atoms with van der Waals surface area (Å²) in [5.74, 6) is 0. The Morgan fingerprint density at radius 1 is 0.964 bits per heavy atom. The van der Waals surface area contributed by atoms with Crippen LogP contribution in [0.2, 0.25) is 0 Å². The molecule has 4 rings (SSSR count). The van der Waals surface area contributed by atoms with Gasteiger partial charge in [0.1, 0.15) is 0 Å². The fraction of sp³-hybridized carbons (Fsp3) is 0.182. The second-order valence-corrected chi connectivity index (χ2v) is 8.87. The third-order valence-corrected chi connectivity index (χ3v) is 6.54. The molecule has 0 amide bonds. The van der Waals surface area contributed by atoms with Gasteiger partial charge >= 0.3 is 0 Å². The van der Waals surface area contributed by atoms with E-state index in [1.165, 1.54) is 20.6 Å². The van der Waals surface area contributed by atoms with Crippen molar-refractivity contribution in [2.45, 2.75) is 17.9 Å². The summed E-state index contributed by atoms with van der Waals surface area (Å²) < 4.78 is 26.3. The fourth-order valence-corrected chi connectivity index (χ4v) is 4.52. The van der Waals surface area contributed by atoms with Gasteiger partial charge in [0.25, 0.3) is 10.0 Å². The monoisotopic (exact) mass is 393 g/mol. The Kier molecular flexibility index (Phi) is 5.07. The Balaban J connectivity index is 1.37. The van der Waals surface area contributed by atoms with Crippen LogP contribution >= 0.6 is 0 Å². The summed E-state index contributed by atoms with van der Waals surface area (Å²) >= 11 is 0. The molecule has 0 fully saturated rings. The maximum absolute atomic E-state index is 12.5. The lowest BCUT2D eigenvalue weighted by Gasteiger charge is -2.16.